The Balaban J connectivity index is 1.33. The van der Waals surface area contributed by atoms with Crippen LogP contribution in [-0.2, 0) is 14.3 Å². The van der Waals surface area contributed by atoms with Gasteiger partial charge < -0.3 is 30.1 Å². The third-order valence-corrected chi connectivity index (χ3v) is 8.48. The van der Waals surface area contributed by atoms with Crippen LogP contribution in [0.25, 0.3) is 0 Å². The number of rotatable bonds is 7. The monoisotopic (exact) mass is 624 g/mol. The van der Waals surface area contributed by atoms with E-state index in [1.165, 1.54) is 13.2 Å². The van der Waals surface area contributed by atoms with Gasteiger partial charge in [0.05, 0.1) is 48.4 Å². The number of para-hydroxylation sites is 1. The second-order valence-corrected chi connectivity index (χ2v) is 11.1. The normalized spacial score (nSPS) is 22.7. The van der Waals surface area contributed by atoms with Crippen LogP contribution in [0.15, 0.2) is 53.7 Å². The van der Waals surface area contributed by atoms with Gasteiger partial charge in [-0.1, -0.05) is 18.2 Å². The maximum Gasteiger partial charge on any atom is 0.338 e. The van der Waals surface area contributed by atoms with E-state index in [1.54, 1.807) is 6.07 Å². The number of esters is 1. The Morgan fingerprint density at radius 3 is 2.51 bits per heavy atom. The molecule has 0 radical (unpaired) electrons. The summed E-state index contributed by atoms with van der Waals surface area (Å²) in [6, 6.07) is 8.46. The number of hydrogen-bond acceptors (Lipinski definition) is 9. The molecule has 2 fully saturated rings. The SMILES string of the molecule is COCC1=C(C(=O)OC)C(c2ccc(F)c(F)c2)N(C(=O)NC2CN(C3CCN(c4ccccc4C#N)CC3)CC2O)C(=O)N1. The van der Waals surface area contributed by atoms with Gasteiger partial charge in [-0.2, -0.15) is 5.26 Å². The number of carbonyl (C=O) groups excluding carboxylic acids is 3. The molecule has 0 spiro atoms. The highest BCUT2D eigenvalue weighted by atomic mass is 19.2. The predicted octanol–water partition coefficient (Wildman–Crippen LogP) is 2.40. The van der Waals surface area contributed by atoms with Gasteiger partial charge in [-0.15, -0.1) is 0 Å². The van der Waals surface area contributed by atoms with Crippen LogP contribution in [0.1, 0.15) is 30.0 Å². The lowest BCUT2D eigenvalue weighted by molar-refractivity contribution is -0.137. The molecular weight excluding hydrogens is 590 g/mol. The summed E-state index contributed by atoms with van der Waals surface area (Å²) in [7, 11) is 2.45. The maximum atomic E-state index is 14.4. The predicted molar refractivity (Wildman–Crippen MR) is 157 cm³/mol. The van der Waals surface area contributed by atoms with Gasteiger partial charge in [0.1, 0.15) is 12.1 Å². The number of β-amino-alcohol motifs (C(OH)–C–C–N with tert-alkyl or cyclic N) is 1. The smallest absolute Gasteiger partial charge is 0.338 e. The largest absolute Gasteiger partial charge is 0.466 e. The Morgan fingerprint density at radius 2 is 1.84 bits per heavy atom. The van der Waals surface area contributed by atoms with Crippen molar-refractivity contribution in [3.63, 3.8) is 0 Å². The lowest BCUT2D eigenvalue weighted by Gasteiger charge is -2.38. The number of halogens is 2. The van der Waals surface area contributed by atoms with E-state index in [2.05, 4.69) is 26.5 Å². The Labute approximate surface area is 258 Å². The number of imide groups is 1. The van der Waals surface area contributed by atoms with Crippen molar-refractivity contribution in [2.24, 2.45) is 0 Å². The highest BCUT2D eigenvalue weighted by Gasteiger charge is 2.45. The number of anilines is 1. The highest BCUT2D eigenvalue weighted by molar-refractivity contribution is 6.01. The molecule has 3 unspecified atom stereocenters. The third-order valence-electron chi connectivity index (χ3n) is 8.48. The van der Waals surface area contributed by atoms with Crippen molar-refractivity contribution in [1.29, 1.82) is 5.26 Å². The zero-order chi connectivity index (χ0) is 32.2. The fourth-order valence-corrected chi connectivity index (χ4v) is 6.28. The van der Waals surface area contributed by atoms with Crippen molar-refractivity contribution >= 4 is 23.7 Å². The van der Waals surface area contributed by atoms with E-state index in [9.17, 15) is 33.5 Å². The number of methoxy groups -OCH3 is 2. The summed E-state index contributed by atoms with van der Waals surface area (Å²) in [6.07, 6.45) is 0.589. The van der Waals surface area contributed by atoms with Crippen molar-refractivity contribution in [3.05, 3.63) is 76.5 Å². The molecule has 14 heteroatoms. The van der Waals surface area contributed by atoms with Gasteiger partial charge in [0, 0.05) is 39.3 Å². The summed E-state index contributed by atoms with van der Waals surface area (Å²) >= 11 is 0. The van der Waals surface area contributed by atoms with Crippen molar-refractivity contribution < 1.29 is 37.7 Å². The quantitative estimate of drug-likeness (QED) is 0.395. The summed E-state index contributed by atoms with van der Waals surface area (Å²) in [5, 5.41) is 25.6. The Hall–Kier alpha value is -4.58. The minimum atomic E-state index is -1.48. The van der Waals surface area contributed by atoms with Gasteiger partial charge in [0.25, 0.3) is 0 Å². The highest BCUT2D eigenvalue weighted by Crippen LogP contribution is 2.36. The number of aliphatic hydroxyl groups is 1. The number of carbonyl (C=O) groups is 3. The van der Waals surface area contributed by atoms with Gasteiger partial charge in [-0.05, 0) is 42.7 Å². The van der Waals surface area contributed by atoms with E-state index >= 15 is 0 Å². The molecule has 5 rings (SSSR count). The van der Waals surface area contributed by atoms with Crippen LogP contribution < -0.4 is 15.5 Å². The summed E-state index contributed by atoms with van der Waals surface area (Å²) in [5.74, 6) is -3.30. The average Bonchev–Trinajstić information content (AvgIpc) is 3.41. The van der Waals surface area contributed by atoms with Gasteiger partial charge in [0.15, 0.2) is 11.6 Å². The fraction of sp³-hybridized carbons (Fsp3) is 0.419. The Bertz CT molecular complexity index is 1540. The standard InChI is InChI=1S/C31H34F2N6O6/c1-44-17-24-27(29(41)45-2)28(18-7-8-21(32)22(33)13-18)39(31(43)36-24)30(42)35-23-15-38(16-26(23)40)20-9-11-37(12-10-20)25-6-4-3-5-19(25)14-34/h3-8,13,20,23,26,28,40H,9-12,15-17H2,1-2H3,(H,35,42)(H,36,43). The van der Waals surface area contributed by atoms with Crippen molar-refractivity contribution in [1.82, 2.24) is 20.4 Å². The maximum absolute atomic E-state index is 14.4. The van der Waals surface area contributed by atoms with E-state index in [0.29, 0.717) is 30.1 Å². The topological polar surface area (TPSA) is 147 Å². The van der Waals surface area contributed by atoms with Crippen molar-refractivity contribution in [2.75, 3.05) is 51.9 Å². The number of nitriles is 1. The summed E-state index contributed by atoms with van der Waals surface area (Å²) in [5.41, 5.74) is 1.25. The molecule has 3 aliphatic rings. The second-order valence-electron chi connectivity index (χ2n) is 11.1. The molecule has 238 valence electrons. The van der Waals surface area contributed by atoms with Gasteiger partial charge in [-0.3, -0.25) is 4.90 Å². The van der Waals surface area contributed by atoms with E-state index in [0.717, 1.165) is 37.8 Å². The minimum absolute atomic E-state index is 0.00365. The third kappa shape index (κ3) is 6.46. The molecule has 0 bridgehead atoms. The number of nitrogens with one attached hydrogen (secondary N) is 2. The molecule has 45 heavy (non-hydrogen) atoms. The number of piperidine rings is 1. The van der Waals surface area contributed by atoms with Gasteiger partial charge >= 0.3 is 18.0 Å². The molecule has 2 saturated heterocycles. The van der Waals surface area contributed by atoms with Crippen LogP contribution in [0.4, 0.5) is 24.1 Å². The number of hydrogen-bond donors (Lipinski definition) is 3. The second kappa shape index (κ2) is 13.6. The molecule has 3 aliphatic heterocycles. The Morgan fingerprint density at radius 1 is 1.11 bits per heavy atom. The zero-order valence-electron chi connectivity index (χ0n) is 24.8. The summed E-state index contributed by atoms with van der Waals surface area (Å²) < 4.78 is 38.3. The van der Waals surface area contributed by atoms with Crippen LogP contribution in [0.3, 0.4) is 0 Å². The molecule has 4 amide bonds. The lowest BCUT2D eigenvalue weighted by Crippen LogP contribution is -2.58. The van der Waals surface area contributed by atoms with Crippen molar-refractivity contribution in [3.8, 4) is 6.07 Å². The van der Waals surface area contributed by atoms with E-state index in [4.69, 9.17) is 9.47 Å². The molecule has 0 saturated carbocycles. The number of urea groups is 2. The van der Waals surface area contributed by atoms with Crippen LogP contribution >= 0.6 is 0 Å². The lowest BCUT2D eigenvalue weighted by atomic mass is 9.93. The molecule has 3 atom stereocenters. The number of benzene rings is 2. The van der Waals surface area contributed by atoms with Crippen LogP contribution in [0.5, 0.6) is 0 Å². The molecule has 3 heterocycles. The van der Waals surface area contributed by atoms with Gasteiger partial charge in [-0.25, -0.2) is 28.1 Å². The first-order valence-electron chi connectivity index (χ1n) is 14.5. The number of likely N-dealkylation sites (tertiary alicyclic amines) is 1. The van der Waals surface area contributed by atoms with E-state index in [-0.39, 0.29) is 36.0 Å². The first-order chi connectivity index (χ1) is 21.7. The molecule has 2 aromatic rings. The average molecular weight is 625 g/mol. The fourth-order valence-electron chi connectivity index (χ4n) is 6.28. The number of ether oxygens (including phenoxy) is 2. The first kappa shape index (κ1) is 31.8. The molecule has 3 N–H and O–H groups in total. The summed E-state index contributed by atoms with van der Waals surface area (Å²) in [4.78, 5) is 44.9. The zero-order valence-corrected chi connectivity index (χ0v) is 24.8. The molecule has 0 aromatic heterocycles. The van der Waals surface area contributed by atoms with Crippen LogP contribution in [0, 0.1) is 23.0 Å². The van der Waals surface area contributed by atoms with Crippen LogP contribution in [-0.4, -0.2) is 98.1 Å². The Kier molecular flexibility index (Phi) is 9.62. The number of nitrogens with zero attached hydrogens (tertiary/aromatic N) is 4. The molecule has 12 nitrogen and oxygen atoms in total. The number of aliphatic hydroxyl groups excluding tert-OH is 1. The number of amides is 4. The van der Waals surface area contributed by atoms with Gasteiger partial charge in [0.2, 0.25) is 0 Å². The van der Waals surface area contributed by atoms with Crippen LogP contribution in [0.2, 0.25) is 0 Å². The summed E-state index contributed by atoms with van der Waals surface area (Å²) in [6.45, 7) is 1.77. The first-order valence-corrected chi connectivity index (χ1v) is 14.5. The molecule has 2 aromatic carbocycles. The minimum Gasteiger partial charge on any atom is -0.466 e. The van der Waals surface area contributed by atoms with E-state index < -0.39 is 47.9 Å². The van der Waals surface area contributed by atoms with Crippen molar-refractivity contribution in [2.45, 2.75) is 37.1 Å². The molecule has 0 aliphatic carbocycles. The molecular formula is C31H34F2N6O6. The van der Waals surface area contributed by atoms with E-state index in [1.807, 2.05) is 18.2 Å².